The molecule has 4 nitrogen and oxygen atoms in total. The third-order valence-electron chi connectivity index (χ3n) is 5.41. The molecular formula is C18H34O4. The normalized spacial score (nSPS) is 36.5. The van der Waals surface area contributed by atoms with E-state index in [1.54, 1.807) is 0 Å². The smallest absolute Gasteiger partial charge is 0.117 e. The molecule has 0 aromatic heterocycles. The summed E-state index contributed by atoms with van der Waals surface area (Å²) in [5.74, 6) is 0. The minimum Gasteiger partial charge on any atom is -0.378 e. The lowest BCUT2D eigenvalue weighted by molar-refractivity contribution is 0.0687. The van der Waals surface area contributed by atoms with Crippen molar-refractivity contribution in [3.63, 3.8) is 0 Å². The summed E-state index contributed by atoms with van der Waals surface area (Å²) >= 11 is 0. The van der Waals surface area contributed by atoms with Gasteiger partial charge in [-0.15, -0.1) is 0 Å². The van der Waals surface area contributed by atoms with Gasteiger partial charge in [-0.3, -0.25) is 0 Å². The van der Waals surface area contributed by atoms with Crippen LogP contribution in [-0.2, 0) is 18.9 Å². The van der Waals surface area contributed by atoms with E-state index >= 15 is 0 Å². The molecule has 0 aliphatic carbocycles. The molecule has 2 heterocycles. The Labute approximate surface area is 135 Å². The summed E-state index contributed by atoms with van der Waals surface area (Å²) in [6.45, 7) is 11.8. The second-order valence-electron chi connectivity index (χ2n) is 6.88. The van der Waals surface area contributed by atoms with Crippen LogP contribution in [-0.4, -0.2) is 49.8 Å². The highest BCUT2D eigenvalue weighted by Crippen LogP contribution is 2.40. The van der Waals surface area contributed by atoms with E-state index in [2.05, 4.69) is 27.7 Å². The maximum absolute atomic E-state index is 5.76. The monoisotopic (exact) mass is 314 g/mol. The maximum atomic E-state index is 5.76. The topological polar surface area (TPSA) is 43.5 Å². The number of epoxide rings is 2. The van der Waals surface area contributed by atoms with Gasteiger partial charge in [-0.25, -0.2) is 0 Å². The highest BCUT2D eigenvalue weighted by molar-refractivity contribution is 4.99. The SMILES string of the molecule is CCC1(COCCCCCCOCC2(CC)OC2C)OC1C. The van der Waals surface area contributed by atoms with E-state index in [0.29, 0.717) is 12.2 Å². The molecule has 0 amide bonds. The molecule has 0 aromatic rings. The first kappa shape index (κ1) is 18.2. The van der Waals surface area contributed by atoms with Crippen molar-refractivity contribution in [3.8, 4) is 0 Å². The van der Waals surface area contributed by atoms with Crippen molar-refractivity contribution in [3.05, 3.63) is 0 Å². The highest BCUT2D eigenvalue weighted by atomic mass is 16.6. The summed E-state index contributed by atoms with van der Waals surface area (Å²) in [6.07, 6.45) is 7.54. The van der Waals surface area contributed by atoms with Gasteiger partial charge in [0.2, 0.25) is 0 Å². The summed E-state index contributed by atoms with van der Waals surface area (Å²) in [4.78, 5) is 0. The van der Waals surface area contributed by atoms with Gasteiger partial charge in [-0.05, 0) is 39.5 Å². The quantitative estimate of drug-likeness (QED) is 0.384. The van der Waals surface area contributed by atoms with Gasteiger partial charge in [0.1, 0.15) is 11.2 Å². The fourth-order valence-corrected chi connectivity index (χ4v) is 3.14. The third-order valence-corrected chi connectivity index (χ3v) is 5.41. The molecule has 0 bridgehead atoms. The van der Waals surface area contributed by atoms with Gasteiger partial charge in [-0.2, -0.15) is 0 Å². The van der Waals surface area contributed by atoms with Crippen molar-refractivity contribution in [2.24, 2.45) is 0 Å². The van der Waals surface area contributed by atoms with Crippen LogP contribution < -0.4 is 0 Å². The Balaban J connectivity index is 1.35. The average Bonchev–Trinajstić information content (AvgIpc) is 3.38. The number of unbranched alkanes of at least 4 members (excludes halogenated alkanes) is 3. The molecule has 4 heteroatoms. The van der Waals surface area contributed by atoms with Gasteiger partial charge in [0.15, 0.2) is 0 Å². The molecule has 22 heavy (non-hydrogen) atoms. The predicted molar refractivity (Wildman–Crippen MR) is 87.2 cm³/mol. The number of rotatable bonds is 13. The Morgan fingerprint density at radius 1 is 0.727 bits per heavy atom. The lowest BCUT2D eigenvalue weighted by Crippen LogP contribution is -2.21. The highest BCUT2D eigenvalue weighted by Gasteiger charge is 2.52. The molecule has 2 fully saturated rings. The molecule has 0 aromatic carbocycles. The summed E-state index contributed by atoms with van der Waals surface area (Å²) in [5.41, 5.74) is 0.0657. The third kappa shape index (κ3) is 4.67. The summed E-state index contributed by atoms with van der Waals surface area (Å²) < 4.78 is 22.8. The molecule has 0 N–H and O–H groups in total. The van der Waals surface area contributed by atoms with Crippen molar-refractivity contribution in [2.75, 3.05) is 26.4 Å². The van der Waals surface area contributed by atoms with E-state index in [9.17, 15) is 0 Å². The zero-order valence-corrected chi connectivity index (χ0v) is 14.9. The Bertz CT molecular complexity index is 295. The molecule has 130 valence electrons. The Hall–Kier alpha value is -0.160. The number of ether oxygens (including phenoxy) is 4. The Morgan fingerprint density at radius 2 is 1.09 bits per heavy atom. The molecular weight excluding hydrogens is 280 g/mol. The van der Waals surface area contributed by atoms with Gasteiger partial charge in [-0.1, -0.05) is 26.7 Å². The Kier molecular flexibility index (Phi) is 6.69. The lowest BCUT2D eigenvalue weighted by atomic mass is 10.0. The van der Waals surface area contributed by atoms with Crippen molar-refractivity contribution >= 4 is 0 Å². The van der Waals surface area contributed by atoms with Crippen molar-refractivity contribution < 1.29 is 18.9 Å². The zero-order chi connectivity index (χ0) is 16.1. The first-order valence-electron chi connectivity index (χ1n) is 9.09. The van der Waals surface area contributed by atoms with Crippen LogP contribution in [0.15, 0.2) is 0 Å². The fraction of sp³-hybridized carbons (Fsp3) is 1.00. The van der Waals surface area contributed by atoms with Gasteiger partial charge in [0.25, 0.3) is 0 Å². The fourth-order valence-electron chi connectivity index (χ4n) is 3.14. The van der Waals surface area contributed by atoms with Crippen LogP contribution in [0.5, 0.6) is 0 Å². The van der Waals surface area contributed by atoms with E-state index in [1.807, 2.05) is 0 Å². The predicted octanol–water partition coefficient (Wildman–Crippen LogP) is 3.72. The zero-order valence-electron chi connectivity index (χ0n) is 14.9. The summed E-state index contributed by atoms with van der Waals surface area (Å²) in [5, 5.41) is 0. The molecule has 0 radical (unpaired) electrons. The van der Waals surface area contributed by atoms with Gasteiger partial charge >= 0.3 is 0 Å². The van der Waals surface area contributed by atoms with Crippen molar-refractivity contribution in [2.45, 2.75) is 89.6 Å². The van der Waals surface area contributed by atoms with Crippen LogP contribution in [0.1, 0.15) is 66.2 Å². The van der Waals surface area contributed by atoms with Gasteiger partial charge < -0.3 is 18.9 Å². The molecule has 4 unspecified atom stereocenters. The molecule has 2 rings (SSSR count). The van der Waals surface area contributed by atoms with E-state index in [4.69, 9.17) is 18.9 Å². The van der Waals surface area contributed by atoms with Crippen LogP contribution in [0.25, 0.3) is 0 Å². The molecule has 2 saturated heterocycles. The van der Waals surface area contributed by atoms with Crippen LogP contribution >= 0.6 is 0 Å². The van der Waals surface area contributed by atoms with Crippen molar-refractivity contribution in [1.29, 1.82) is 0 Å². The van der Waals surface area contributed by atoms with Crippen LogP contribution in [0.4, 0.5) is 0 Å². The van der Waals surface area contributed by atoms with Crippen LogP contribution in [0.3, 0.4) is 0 Å². The van der Waals surface area contributed by atoms with Crippen LogP contribution in [0, 0.1) is 0 Å². The first-order chi connectivity index (χ1) is 10.6. The minimum atomic E-state index is 0.0328. The van der Waals surface area contributed by atoms with E-state index in [1.165, 1.54) is 12.8 Å². The minimum absolute atomic E-state index is 0.0328. The largest absolute Gasteiger partial charge is 0.378 e. The van der Waals surface area contributed by atoms with Crippen molar-refractivity contribution in [1.82, 2.24) is 0 Å². The number of hydrogen-bond donors (Lipinski definition) is 0. The molecule has 2 aliphatic rings. The standard InChI is InChI=1S/C18H34O4/c1-5-17(15(3)21-17)13-19-11-9-7-8-10-12-20-14-18(6-2)16(4)22-18/h15-16H,5-14H2,1-4H3. The average molecular weight is 314 g/mol. The second kappa shape index (κ2) is 8.09. The van der Waals surface area contributed by atoms with Crippen LogP contribution in [0.2, 0.25) is 0 Å². The summed E-state index contributed by atoms with van der Waals surface area (Å²) in [7, 11) is 0. The van der Waals surface area contributed by atoms with E-state index in [0.717, 1.165) is 52.1 Å². The Morgan fingerprint density at radius 3 is 1.36 bits per heavy atom. The molecule has 4 atom stereocenters. The second-order valence-corrected chi connectivity index (χ2v) is 6.88. The molecule has 0 saturated carbocycles. The van der Waals surface area contributed by atoms with Gasteiger partial charge in [0, 0.05) is 13.2 Å². The number of hydrogen-bond acceptors (Lipinski definition) is 4. The molecule has 2 aliphatic heterocycles. The van der Waals surface area contributed by atoms with E-state index < -0.39 is 0 Å². The van der Waals surface area contributed by atoms with E-state index in [-0.39, 0.29) is 11.2 Å². The lowest BCUT2D eigenvalue weighted by Gasteiger charge is -2.11. The summed E-state index contributed by atoms with van der Waals surface area (Å²) in [6, 6.07) is 0. The first-order valence-corrected chi connectivity index (χ1v) is 9.09. The molecule has 0 spiro atoms. The van der Waals surface area contributed by atoms with Gasteiger partial charge in [0.05, 0.1) is 25.4 Å². The maximum Gasteiger partial charge on any atom is 0.117 e.